The third-order valence-electron chi connectivity index (χ3n) is 2.86. The third kappa shape index (κ3) is 2.35. The van der Waals surface area contributed by atoms with E-state index in [0.717, 1.165) is 11.1 Å². The van der Waals surface area contributed by atoms with Crippen LogP contribution in [0.3, 0.4) is 0 Å². The minimum absolute atomic E-state index is 0.528. The standard InChI is InChI=1S/C14H14N6/c1-10-4-3-5-11(8-10)12-17-13(15-2)19-14(18-12)20-7-6-16-9-20/h3-9H,1-2H3,(H,15,17,18,19). The second-order valence-corrected chi connectivity index (χ2v) is 4.37. The third-order valence-corrected chi connectivity index (χ3v) is 2.86. The summed E-state index contributed by atoms with van der Waals surface area (Å²) in [5.41, 5.74) is 2.13. The van der Waals surface area contributed by atoms with Crippen LogP contribution in [0.2, 0.25) is 0 Å². The minimum atomic E-state index is 0.528. The molecule has 0 saturated heterocycles. The lowest BCUT2D eigenvalue weighted by molar-refractivity contribution is 0.902. The van der Waals surface area contributed by atoms with Gasteiger partial charge in [0.2, 0.25) is 11.9 Å². The monoisotopic (exact) mass is 266 g/mol. The van der Waals surface area contributed by atoms with Crippen molar-refractivity contribution in [3.05, 3.63) is 48.5 Å². The van der Waals surface area contributed by atoms with Crippen molar-refractivity contribution in [2.24, 2.45) is 0 Å². The van der Waals surface area contributed by atoms with Gasteiger partial charge in [-0.15, -0.1) is 0 Å². The Morgan fingerprint density at radius 2 is 2.05 bits per heavy atom. The number of anilines is 1. The van der Waals surface area contributed by atoms with Crippen molar-refractivity contribution >= 4 is 5.95 Å². The summed E-state index contributed by atoms with van der Waals surface area (Å²) < 4.78 is 1.75. The van der Waals surface area contributed by atoms with Gasteiger partial charge in [0.15, 0.2) is 5.82 Å². The van der Waals surface area contributed by atoms with Crippen LogP contribution in [-0.4, -0.2) is 31.6 Å². The topological polar surface area (TPSA) is 68.5 Å². The predicted octanol–water partition coefficient (Wildman–Crippen LogP) is 2.07. The Morgan fingerprint density at radius 1 is 1.15 bits per heavy atom. The van der Waals surface area contributed by atoms with Crippen LogP contribution in [0, 0.1) is 6.92 Å². The van der Waals surface area contributed by atoms with Gasteiger partial charge in [0.05, 0.1) is 0 Å². The predicted molar refractivity (Wildman–Crippen MR) is 76.7 cm³/mol. The first-order chi connectivity index (χ1) is 9.76. The molecule has 0 aliphatic rings. The highest BCUT2D eigenvalue weighted by Gasteiger charge is 2.09. The van der Waals surface area contributed by atoms with Crippen LogP contribution < -0.4 is 5.32 Å². The lowest BCUT2D eigenvalue weighted by atomic mass is 10.1. The molecule has 2 aromatic heterocycles. The van der Waals surface area contributed by atoms with Gasteiger partial charge in [0.1, 0.15) is 6.33 Å². The zero-order valence-corrected chi connectivity index (χ0v) is 11.3. The average Bonchev–Trinajstić information content (AvgIpc) is 3.01. The number of nitrogens with one attached hydrogen (secondary N) is 1. The Labute approximate surface area is 116 Å². The second kappa shape index (κ2) is 5.08. The number of aromatic nitrogens is 5. The van der Waals surface area contributed by atoms with Gasteiger partial charge in [-0.05, 0) is 13.0 Å². The molecule has 3 rings (SSSR count). The molecule has 6 nitrogen and oxygen atoms in total. The van der Waals surface area contributed by atoms with Crippen molar-refractivity contribution in [3.8, 4) is 17.3 Å². The molecule has 0 atom stereocenters. The van der Waals surface area contributed by atoms with Crippen molar-refractivity contribution in [2.45, 2.75) is 6.92 Å². The van der Waals surface area contributed by atoms with E-state index in [9.17, 15) is 0 Å². The number of nitrogens with zero attached hydrogens (tertiary/aromatic N) is 5. The van der Waals surface area contributed by atoms with Crippen LogP contribution in [0.1, 0.15) is 5.56 Å². The Hall–Kier alpha value is -2.76. The van der Waals surface area contributed by atoms with Crippen LogP contribution in [0.4, 0.5) is 5.95 Å². The number of benzene rings is 1. The Bertz CT molecular complexity index is 720. The molecule has 0 radical (unpaired) electrons. The quantitative estimate of drug-likeness (QED) is 0.786. The number of hydrogen-bond acceptors (Lipinski definition) is 5. The van der Waals surface area contributed by atoms with Crippen LogP contribution in [-0.2, 0) is 0 Å². The molecule has 0 bridgehead atoms. The van der Waals surface area contributed by atoms with Gasteiger partial charge in [0.25, 0.3) is 0 Å². The smallest absolute Gasteiger partial charge is 0.240 e. The maximum absolute atomic E-state index is 4.50. The zero-order valence-electron chi connectivity index (χ0n) is 11.3. The minimum Gasteiger partial charge on any atom is -0.357 e. The summed E-state index contributed by atoms with van der Waals surface area (Å²) in [6.07, 6.45) is 5.15. The summed E-state index contributed by atoms with van der Waals surface area (Å²) >= 11 is 0. The molecule has 0 saturated carbocycles. The summed E-state index contributed by atoms with van der Waals surface area (Å²) in [5.74, 6) is 1.70. The van der Waals surface area contributed by atoms with Crippen molar-refractivity contribution in [2.75, 3.05) is 12.4 Å². The normalized spacial score (nSPS) is 10.5. The fourth-order valence-electron chi connectivity index (χ4n) is 1.88. The zero-order chi connectivity index (χ0) is 13.9. The highest BCUT2D eigenvalue weighted by Crippen LogP contribution is 2.18. The van der Waals surface area contributed by atoms with Gasteiger partial charge < -0.3 is 5.32 Å². The van der Waals surface area contributed by atoms with E-state index >= 15 is 0 Å². The van der Waals surface area contributed by atoms with E-state index in [4.69, 9.17) is 0 Å². The molecule has 0 amide bonds. The van der Waals surface area contributed by atoms with Crippen molar-refractivity contribution < 1.29 is 0 Å². The van der Waals surface area contributed by atoms with E-state index in [1.165, 1.54) is 0 Å². The van der Waals surface area contributed by atoms with Crippen molar-refractivity contribution in [1.82, 2.24) is 24.5 Å². The number of hydrogen-bond donors (Lipinski definition) is 1. The van der Waals surface area contributed by atoms with E-state index in [1.807, 2.05) is 31.2 Å². The molecule has 0 unspecified atom stereocenters. The molecular formula is C14H14N6. The molecule has 100 valence electrons. The second-order valence-electron chi connectivity index (χ2n) is 4.37. The molecule has 0 fully saturated rings. The lowest BCUT2D eigenvalue weighted by Crippen LogP contribution is -2.06. The molecular weight excluding hydrogens is 252 g/mol. The highest BCUT2D eigenvalue weighted by molar-refractivity contribution is 5.57. The number of rotatable bonds is 3. The van der Waals surface area contributed by atoms with Gasteiger partial charge in [-0.2, -0.15) is 15.0 Å². The van der Waals surface area contributed by atoms with E-state index in [-0.39, 0.29) is 0 Å². The molecule has 1 aromatic carbocycles. The van der Waals surface area contributed by atoms with Gasteiger partial charge in [0, 0.05) is 25.0 Å². The van der Waals surface area contributed by atoms with Gasteiger partial charge >= 0.3 is 0 Å². The van der Waals surface area contributed by atoms with Crippen molar-refractivity contribution in [1.29, 1.82) is 0 Å². The van der Waals surface area contributed by atoms with E-state index in [1.54, 1.807) is 30.3 Å². The fourth-order valence-corrected chi connectivity index (χ4v) is 1.88. The summed E-state index contributed by atoms with van der Waals surface area (Å²) in [6, 6.07) is 8.07. The maximum atomic E-state index is 4.50. The Balaban J connectivity index is 2.14. The summed E-state index contributed by atoms with van der Waals surface area (Å²) in [6.45, 7) is 2.04. The molecule has 3 aromatic rings. The van der Waals surface area contributed by atoms with Crippen LogP contribution >= 0.6 is 0 Å². The van der Waals surface area contributed by atoms with Crippen LogP contribution in [0.5, 0.6) is 0 Å². The molecule has 6 heteroatoms. The highest BCUT2D eigenvalue weighted by atomic mass is 15.2. The SMILES string of the molecule is CNc1nc(-c2cccc(C)c2)nc(-n2ccnc2)n1. The molecule has 0 aliphatic heterocycles. The molecule has 1 N–H and O–H groups in total. The largest absolute Gasteiger partial charge is 0.357 e. The Kier molecular flexibility index (Phi) is 3.12. The van der Waals surface area contributed by atoms with Gasteiger partial charge in [-0.25, -0.2) is 4.98 Å². The first-order valence-corrected chi connectivity index (χ1v) is 6.25. The summed E-state index contributed by atoms with van der Waals surface area (Å²) in [4.78, 5) is 17.2. The first kappa shape index (κ1) is 12.3. The van der Waals surface area contributed by atoms with E-state index in [2.05, 4.69) is 25.3 Å². The lowest BCUT2D eigenvalue weighted by Gasteiger charge is -2.07. The number of imidazole rings is 1. The molecule has 0 aliphatic carbocycles. The summed E-state index contributed by atoms with van der Waals surface area (Å²) in [5, 5.41) is 2.96. The van der Waals surface area contributed by atoms with Gasteiger partial charge in [-0.3, -0.25) is 4.57 Å². The first-order valence-electron chi connectivity index (χ1n) is 6.25. The fraction of sp³-hybridized carbons (Fsp3) is 0.143. The van der Waals surface area contributed by atoms with E-state index in [0.29, 0.717) is 17.7 Å². The molecule has 0 spiro atoms. The van der Waals surface area contributed by atoms with Gasteiger partial charge in [-0.1, -0.05) is 23.8 Å². The number of aryl methyl sites for hydroxylation is 1. The Morgan fingerprint density at radius 3 is 2.75 bits per heavy atom. The maximum Gasteiger partial charge on any atom is 0.240 e. The average molecular weight is 266 g/mol. The molecule has 2 heterocycles. The van der Waals surface area contributed by atoms with Crippen molar-refractivity contribution in [3.63, 3.8) is 0 Å². The van der Waals surface area contributed by atoms with E-state index < -0.39 is 0 Å². The van der Waals surface area contributed by atoms with Crippen LogP contribution in [0.25, 0.3) is 17.3 Å². The summed E-state index contributed by atoms with van der Waals surface area (Å²) in [7, 11) is 1.78. The van der Waals surface area contributed by atoms with Crippen LogP contribution in [0.15, 0.2) is 43.0 Å². The molecule has 20 heavy (non-hydrogen) atoms.